The van der Waals surface area contributed by atoms with Gasteiger partial charge >= 0.3 is 0 Å². The minimum Gasteiger partial charge on any atom is -0.507 e. The van der Waals surface area contributed by atoms with E-state index in [1.54, 1.807) is 31.2 Å². The van der Waals surface area contributed by atoms with Crippen molar-refractivity contribution in [1.82, 2.24) is 4.90 Å². The third-order valence-electron chi connectivity index (χ3n) is 10.8. The number of phenolic OH excluding ortho intramolecular Hbond substituents is 2. The average Bonchev–Trinajstić information content (AvgIpc) is 3.16. The normalized spacial score (nSPS) is 28.0. The van der Waals surface area contributed by atoms with Crippen molar-refractivity contribution in [2.75, 3.05) is 26.8 Å². The van der Waals surface area contributed by atoms with E-state index in [0.29, 0.717) is 25.4 Å². The number of methoxy groups -OCH3 is 1. The average molecular weight is 745 g/mol. The van der Waals surface area contributed by atoms with Gasteiger partial charge < -0.3 is 44.1 Å². The number of benzene rings is 3. The lowest BCUT2D eigenvalue weighted by atomic mass is 9.72. The minimum atomic E-state index is -2.06. The van der Waals surface area contributed by atoms with Gasteiger partial charge in [-0.2, -0.15) is 0 Å². The Morgan fingerprint density at radius 3 is 2.52 bits per heavy atom. The van der Waals surface area contributed by atoms with Crippen LogP contribution in [0.25, 0.3) is 10.4 Å². The van der Waals surface area contributed by atoms with E-state index in [2.05, 4.69) is 10.0 Å². The van der Waals surface area contributed by atoms with Crippen LogP contribution in [0, 0.1) is 0 Å². The summed E-state index contributed by atoms with van der Waals surface area (Å²) in [5.41, 5.74) is 6.76. The molecule has 7 atom stereocenters. The summed E-state index contributed by atoms with van der Waals surface area (Å²) < 4.78 is 29.8. The van der Waals surface area contributed by atoms with Gasteiger partial charge in [0.25, 0.3) is 0 Å². The van der Waals surface area contributed by atoms with Gasteiger partial charge in [-0.15, -0.1) is 0 Å². The van der Waals surface area contributed by atoms with E-state index in [1.165, 1.54) is 32.2 Å². The number of Topliss-reactive ketones (excluding diaryl/α,β-unsaturated/α-hetero) is 1. The van der Waals surface area contributed by atoms with E-state index in [9.17, 15) is 34.8 Å². The molecule has 0 aromatic heterocycles. The van der Waals surface area contributed by atoms with E-state index in [-0.39, 0.29) is 47.5 Å². The van der Waals surface area contributed by atoms with Crippen molar-refractivity contribution >= 4 is 23.0 Å². The summed E-state index contributed by atoms with van der Waals surface area (Å²) >= 11 is 0. The molecule has 16 heteroatoms. The number of hydrogen-bond acceptors (Lipinski definition) is 14. The number of morpholine rings is 1. The molecule has 284 valence electrons. The quantitative estimate of drug-likeness (QED) is 0.0826. The molecule has 0 amide bonds. The number of azide groups is 1. The van der Waals surface area contributed by atoms with Crippen LogP contribution in [0.3, 0.4) is 0 Å². The Labute approximate surface area is 309 Å². The molecule has 3 aromatic carbocycles. The molecule has 54 heavy (non-hydrogen) atoms. The van der Waals surface area contributed by atoms with Gasteiger partial charge in [-0.25, -0.2) is 0 Å². The second-order valence-electron chi connectivity index (χ2n) is 14.0. The highest BCUT2D eigenvalue weighted by Gasteiger charge is 2.50. The zero-order valence-corrected chi connectivity index (χ0v) is 29.8. The fourth-order valence-electron chi connectivity index (χ4n) is 7.90. The lowest BCUT2D eigenvalue weighted by molar-refractivity contribution is -0.268. The Bertz CT molecular complexity index is 2050. The maximum atomic E-state index is 14.0. The van der Waals surface area contributed by atoms with Crippen molar-refractivity contribution in [3.8, 4) is 17.2 Å². The van der Waals surface area contributed by atoms with Crippen LogP contribution in [0.15, 0.2) is 47.6 Å². The number of aliphatic hydroxyl groups is 2. The largest absolute Gasteiger partial charge is 0.507 e. The van der Waals surface area contributed by atoms with Crippen molar-refractivity contribution in [3.05, 3.63) is 91.9 Å². The summed E-state index contributed by atoms with van der Waals surface area (Å²) in [6.07, 6.45) is -5.36. The summed E-state index contributed by atoms with van der Waals surface area (Å²) in [6, 6.07) is 10.8. The molecule has 3 aromatic rings. The number of fused-ring (bicyclic) bond motifs is 3. The Morgan fingerprint density at radius 1 is 1.07 bits per heavy atom. The minimum absolute atomic E-state index is 0.0299. The third kappa shape index (κ3) is 6.61. The van der Waals surface area contributed by atoms with E-state index in [4.69, 9.17) is 29.2 Å². The van der Waals surface area contributed by atoms with Gasteiger partial charge in [0.1, 0.15) is 22.8 Å². The third-order valence-corrected chi connectivity index (χ3v) is 10.8. The molecule has 2 aliphatic heterocycles. The van der Waals surface area contributed by atoms with Crippen LogP contribution >= 0.6 is 0 Å². The summed E-state index contributed by atoms with van der Waals surface area (Å²) in [7, 11) is 1.34. The summed E-state index contributed by atoms with van der Waals surface area (Å²) in [5.74, 6) is -3.27. The molecular weight excluding hydrogens is 704 g/mol. The fourth-order valence-corrected chi connectivity index (χ4v) is 7.90. The highest BCUT2D eigenvalue weighted by Crippen LogP contribution is 2.52. The molecule has 7 rings (SSSR count). The molecule has 2 heterocycles. The van der Waals surface area contributed by atoms with Crippen molar-refractivity contribution in [3.63, 3.8) is 0 Å². The number of carbonyl (C=O) groups excluding carboxylic acids is 3. The first kappa shape index (κ1) is 37.4. The molecule has 0 spiro atoms. The van der Waals surface area contributed by atoms with Gasteiger partial charge in [0, 0.05) is 59.1 Å². The number of hydrogen-bond donors (Lipinski definition) is 4. The van der Waals surface area contributed by atoms with Gasteiger partial charge in [-0.3, -0.25) is 19.3 Å². The number of carbonyl (C=O) groups is 3. The molecule has 2 fully saturated rings. The second kappa shape index (κ2) is 14.7. The van der Waals surface area contributed by atoms with Crippen LogP contribution in [0.4, 0.5) is 5.69 Å². The summed E-state index contributed by atoms with van der Waals surface area (Å²) in [6.45, 7) is 4.16. The van der Waals surface area contributed by atoms with Crippen LogP contribution in [-0.2, 0) is 36.8 Å². The van der Waals surface area contributed by atoms with E-state index in [1.807, 2.05) is 4.90 Å². The van der Waals surface area contributed by atoms with Crippen molar-refractivity contribution in [2.24, 2.45) is 5.11 Å². The van der Waals surface area contributed by atoms with Gasteiger partial charge in [0.2, 0.25) is 5.78 Å². The topological polar surface area (TPSA) is 230 Å². The van der Waals surface area contributed by atoms with E-state index < -0.39 is 88.9 Å². The maximum absolute atomic E-state index is 14.0. The Hall–Kier alpha value is -4.90. The molecule has 2 saturated heterocycles. The highest BCUT2D eigenvalue weighted by atomic mass is 16.7. The van der Waals surface area contributed by atoms with Crippen LogP contribution in [0.2, 0.25) is 0 Å². The molecule has 0 unspecified atom stereocenters. The smallest absolute Gasteiger partial charge is 0.202 e. The molecule has 0 saturated carbocycles. The first-order chi connectivity index (χ1) is 25.8. The van der Waals surface area contributed by atoms with Crippen LogP contribution in [0.5, 0.6) is 17.2 Å². The number of aromatic hydroxyl groups is 2. The Morgan fingerprint density at radius 2 is 1.81 bits per heavy atom. The molecule has 2 aliphatic carbocycles. The number of ether oxygens (including phenoxy) is 5. The number of aliphatic hydroxyl groups excluding tert-OH is 1. The number of phenols is 2. The molecule has 4 aliphatic rings. The van der Waals surface area contributed by atoms with Gasteiger partial charge in [-0.1, -0.05) is 41.5 Å². The lowest BCUT2D eigenvalue weighted by Gasteiger charge is -2.47. The Kier molecular flexibility index (Phi) is 10.2. The van der Waals surface area contributed by atoms with Crippen LogP contribution in [0.1, 0.15) is 81.3 Å². The second-order valence-corrected chi connectivity index (χ2v) is 14.0. The lowest BCUT2D eigenvalue weighted by Crippen LogP contribution is -2.59. The monoisotopic (exact) mass is 744 g/mol. The Balaban J connectivity index is 1.16. The number of rotatable bonds is 9. The molecular formula is C38H40N4O12. The molecule has 4 N–H and O–H groups in total. The van der Waals surface area contributed by atoms with E-state index >= 15 is 0 Å². The van der Waals surface area contributed by atoms with Gasteiger partial charge in [0.15, 0.2) is 24.1 Å². The molecule has 16 nitrogen and oxygen atoms in total. The van der Waals surface area contributed by atoms with Crippen LogP contribution in [-0.4, -0.2) is 106 Å². The SMILES string of the molecule is COc1cccc2c1C(=O)c1c(O)c3c(c(O)c1C2=O)C[C@@](O)(C(C)=O)C[C@@H]3O[C@H]1C[C@H](N2CCO[C@H](OCc3ccc(N=[N+]=[N-])cc3)C2)[C@H](O)[C@H](C)O1. The maximum Gasteiger partial charge on any atom is 0.202 e. The number of nitrogens with zero attached hydrogens (tertiary/aromatic N) is 4. The standard InChI is InChI=1S/C38H40N4O12/c1-18-33(44)24(42-11-12-51-28(16-42)52-17-20-7-9-21(10-8-20)40-41-39)13-27(53-18)54-26-15-38(49,19(2)43)14-23-30(26)37(48)32-31(35(23)46)34(45)22-5-4-6-25(50-3)29(22)36(32)47/h4-10,18,24,26-28,33,44,46,48-49H,11-17H2,1-3H3/t18-,24-,26-,27-,28+,33+,38-/m0/s1. The van der Waals surface area contributed by atoms with Crippen molar-refractivity contribution in [2.45, 2.75) is 82.3 Å². The molecule has 0 radical (unpaired) electrons. The summed E-state index contributed by atoms with van der Waals surface area (Å²) in [4.78, 5) is 45.4. The predicted molar refractivity (Wildman–Crippen MR) is 188 cm³/mol. The van der Waals surface area contributed by atoms with Crippen molar-refractivity contribution in [1.29, 1.82) is 0 Å². The zero-order valence-electron chi connectivity index (χ0n) is 29.8. The first-order valence-electron chi connectivity index (χ1n) is 17.6. The zero-order chi connectivity index (χ0) is 38.5. The summed E-state index contributed by atoms with van der Waals surface area (Å²) in [5, 5.41) is 49.9. The van der Waals surface area contributed by atoms with Crippen LogP contribution < -0.4 is 4.74 Å². The first-order valence-corrected chi connectivity index (χ1v) is 17.6. The predicted octanol–water partition coefficient (Wildman–Crippen LogP) is 3.89. The van der Waals surface area contributed by atoms with Gasteiger partial charge in [-0.05, 0) is 31.0 Å². The van der Waals surface area contributed by atoms with E-state index in [0.717, 1.165) is 5.56 Å². The van der Waals surface area contributed by atoms with Crippen molar-refractivity contribution < 1.29 is 58.5 Å². The molecule has 0 bridgehead atoms. The fraction of sp³-hybridized carbons (Fsp3) is 0.447. The highest BCUT2D eigenvalue weighted by molar-refractivity contribution is 6.31. The number of ketones is 3. The van der Waals surface area contributed by atoms with Gasteiger partial charge in [0.05, 0.1) is 61.9 Å².